The van der Waals surface area contributed by atoms with E-state index in [1.165, 1.54) is 0 Å². The molecule has 0 bridgehead atoms. The fraction of sp³-hybridized carbons (Fsp3) is 0.571. The van der Waals surface area contributed by atoms with Crippen molar-refractivity contribution in [2.24, 2.45) is 16.7 Å². The summed E-state index contributed by atoms with van der Waals surface area (Å²) in [6, 6.07) is 3.72. The Labute approximate surface area is 102 Å². The summed E-state index contributed by atoms with van der Waals surface area (Å²) in [4.78, 5) is 15.9. The summed E-state index contributed by atoms with van der Waals surface area (Å²) in [7, 11) is 0. The van der Waals surface area contributed by atoms with Gasteiger partial charge < -0.3 is 4.74 Å². The maximum Gasteiger partial charge on any atom is 0.310 e. The molecule has 3 heteroatoms. The molecule has 1 saturated carbocycles. The van der Waals surface area contributed by atoms with Crippen LogP contribution in [0.4, 0.5) is 0 Å². The minimum atomic E-state index is -0.0863. The molecule has 0 atom stereocenters. The fourth-order valence-corrected chi connectivity index (χ4v) is 2.50. The molecule has 3 nitrogen and oxygen atoms in total. The molecule has 0 amide bonds. The van der Waals surface area contributed by atoms with E-state index in [1.807, 2.05) is 12.1 Å². The third-order valence-electron chi connectivity index (χ3n) is 4.39. The average Bonchev–Trinajstić information content (AvgIpc) is 2.68. The zero-order valence-corrected chi connectivity index (χ0v) is 10.9. The number of hydrogen-bond acceptors (Lipinski definition) is 3. The van der Waals surface area contributed by atoms with Crippen molar-refractivity contribution in [3.05, 3.63) is 30.1 Å². The molecule has 17 heavy (non-hydrogen) atoms. The molecule has 1 fully saturated rings. The largest absolute Gasteiger partial charge is 0.461 e. The SMILES string of the molecule is CC1(C)C(C(=O)OCc2ccncc2)C1(C)C. The molecule has 0 spiro atoms. The second kappa shape index (κ2) is 3.83. The Morgan fingerprint density at radius 1 is 1.24 bits per heavy atom. The molecule has 2 rings (SSSR count). The van der Waals surface area contributed by atoms with Crippen LogP contribution in [0.1, 0.15) is 33.3 Å². The van der Waals surface area contributed by atoms with Crippen molar-refractivity contribution in [2.45, 2.75) is 34.3 Å². The zero-order chi connectivity index (χ0) is 12.7. The van der Waals surface area contributed by atoms with Gasteiger partial charge >= 0.3 is 5.97 Å². The van der Waals surface area contributed by atoms with Crippen LogP contribution in [0, 0.1) is 16.7 Å². The van der Waals surface area contributed by atoms with Crippen LogP contribution in [0.3, 0.4) is 0 Å². The number of esters is 1. The Balaban J connectivity index is 1.92. The molecule has 0 aromatic carbocycles. The van der Waals surface area contributed by atoms with E-state index in [9.17, 15) is 4.79 Å². The van der Waals surface area contributed by atoms with Crippen LogP contribution in [-0.4, -0.2) is 11.0 Å². The highest BCUT2D eigenvalue weighted by molar-refractivity contribution is 5.78. The highest BCUT2D eigenvalue weighted by Gasteiger charge is 2.69. The van der Waals surface area contributed by atoms with E-state index in [2.05, 4.69) is 32.7 Å². The number of rotatable bonds is 3. The Morgan fingerprint density at radius 3 is 2.24 bits per heavy atom. The number of ether oxygens (including phenoxy) is 1. The second-order valence-corrected chi connectivity index (χ2v) is 5.84. The van der Waals surface area contributed by atoms with Crippen molar-refractivity contribution in [1.82, 2.24) is 4.98 Å². The van der Waals surface area contributed by atoms with E-state index in [-0.39, 0.29) is 22.7 Å². The first-order valence-corrected chi connectivity index (χ1v) is 5.93. The molecule has 92 valence electrons. The number of nitrogens with zero attached hydrogens (tertiary/aromatic N) is 1. The molecule has 1 aliphatic rings. The lowest BCUT2D eigenvalue weighted by Gasteiger charge is -2.05. The number of hydrogen-bond donors (Lipinski definition) is 0. The molecule has 0 saturated heterocycles. The van der Waals surface area contributed by atoms with E-state index in [1.54, 1.807) is 12.4 Å². The number of carbonyl (C=O) groups excluding carboxylic acids is 1. The van der Waals surface area contributed by atoms with Crippen LogP contribution in [0.5, 0.6) is 0 Å². The van der Waals surface area contributed by atoms with Gasteiger partial charge in [-0.2, -0.15) is 0 Å². The summed E-state index contributed by atoms with van der Waals surface area (Å²) in [5, 5.41) is 0. The average molecular weight is 233 g/mol. The second-order valence-electron chi connectivity index (χ2n) is 5.84. The lowest BCUT2D eigenvalue weighted by Crippen LogP contribution is -2.11. The third kappa shape index (κ3) is 1.94. The van der Waals surface area contributed by atoms with E-state index in [0.29, 0.717) is 6.61 Å². The number of pyridine rings is 1. The predicted molar refractivity (Wildman–Crippen MR) is 65.1 cm³/mol. The Kier molecular flexibility index (Phi) is 2.72. The molecule has 1 aromatic rings. The van der Waals surface area contributed by atoms with Gasteiger partial charge in [-0.15, -0.1) is 0 Å². The highest BCUT2D eigenvalue weighted by atomic mass is 16.5. The van der Waals surface area contributed by atoms with Crippen LogP contribution < -0.4 is 0 Å². The summed E-state index contributed by atoms with van der Waals surface area (Å²) >= 11 is 0. The predicted octanol–water partition coefficient (Wildman–Crippen LogP) is 2.81. The van der Waals surface area contributed by atoms with Crippen molar-refractivity contribution < 1.29 is 9.53 Å². The zero-order valence-electron chi connectivity index (χ0n) is 10.9. The van der Waals surface area contributed by atoms with Gasteiger partial charge in [-0.25, -0.2) is 0 Å². The molecule has 0 aliphatic heterocycles. The minimum Gasteiger partial charge on any atom is -0.461 e. The van der Waals surface area contributed by atoms with Gasteiger partial charge in [0.1, 0.15) is 6.61 Å². The molecule has 0 radical (unpaired) electrons. The Morgan fingerprint density at radius 2 is 1.76 bits per heavy atom. The van der Waals surface area contributed by atoms with Crippen LogP contribution >= 0.6 is 0 Å². The summed E-state index contributed by atoms with van der Waals surface area (Å²) in [5.74, 6) is -0.0753. The van der Waals surface area contributed by atoms with Crippen molar-refractivity contribution in [1.29, 1.82) is 0 Å². The van der Waals surface area contributed by atoms with E-state index in [4.69, 9.17) is 4.74 Å². The third-order valence-corrected chi connectivity index (χ3v) is 4.39. The van der Waals surface area contributed by atoms with Crippen LogP contribution in [-0.2, 0) is 16.1 Å². The number of aromatic nitrogens is 1. The summed E-state index contributed by atoms with van der Waals surface area (Å²) in [6.07, 6.45) is 3.41. The highest BCUT2D eigenvalue weighted by Crippen LogP contribution is 2.68. The van der Waals surface area contributed by atoms with Gasteiger partial charge in [-0.1, -0.05) is 27.7 Å². The summed E-state index contributed by atoms with van der Waals surface area (Å²) < 4.78 is 5.36. The topological polar surface area (TPSA) is 39.2 Å². The molecule has 1 heterocycles. The Bertz CT molecular complexity index is 409. The molecule has 0 N–H and O–H groups in total. The number of carbonyl (C=O) groups is 1. The maximum atomic E-state index is 12.0. The molecule has 1 aliphatic carbocycles. The van der Waals surface area contributed by atoms with Gasteiger partial charge in [-0.05, 0) is 28.5 Å². The standard InChI is InChI=1S/C14H19NO2/c1-13(2)11(14(13,3)4)12(16)17-9-10-5-7-15-8-6-10/h5-8,11H,9H2,1-4H3. The molecule has 1 aromatic heterocycles. The molecular weight excluding hydrogens is 214 g/mol. The maximum absolute atomic E-state index is 12.0. The summed E-state index contributed by atoms with van der Waals surface area (Å²) in [6.45, 7) is 8.80. The van der Waals surface area contributed by atoms with Gasteiger partial charge in [0.15, 0.2) is 0 Å². The molecule has 0 unspecified atom stereocenters. The van der Waals surface area contributed by atoms with Gasteiger partial charge in [0, 0.05) is 12.4 Å². The van der Waals surface area contributed by atoms with Crippen molar-refractivity contribution in [3.63, 3.8) is 0 Å². The van der Waals surface area contributed by atoms with Gasteiger partial charge in [-0.3, -0.25) is 9.78 Å². The van der Waals surface area contributed by atoms with Crippen molar-refractivity contribution in [2.75, 3.05) is 0 Å². The first-order valence-electron chi connectivity index (χ1n) is 5.93. The van der Waals surface area contributed by atoms with Crippen LogP contribution in [0.25, 0.3) is 0 Å². The van der Waals surface area contributed by atoms with Crippen molar-refractivity contribution in [3.8, 4) is 0 Å². The van der Waals surface area contributed by atoms with Gasteiger partial charge in [0.25, 0.3) is 0 Å². The van der Waals surface area contributed by atoms with Crippen molar-refractivity contribution >= 4 is 5.97 Å². The smallest absolute Gasteiger partial charge is 0.310 e. The van der Waals surface area contributed by atoms with Gasteiger partial charge in [0.05, 0.1) is 5.92 Å². The van der Waals surface area contributed by atoms with E-state index < -0.39 is 0 Å². The lowest BCUT2D eigenvalue weighted by molar-refractivity contribution is -0.148. The van der Waals surface area contributed by atoms with E-state index >= 15 is 0 Å². The minimum absolute atomic E-state index is 0.0110. The summed E-state index contributed by atoms with van der Waals surface area (Å²) in [5.41, 5.74) is 1.06. The first-order chi connectivity index (χ1) is 7.87. The quantitative estimate of drug-likeness (QED) is 0.754. The normalized spacial score (nSPS) is 20.9. The Hall–Kier alpha value is -1.38. The fourth-order valence-electron chi connectivity index (χ4n) is 2.50. The lowest BCUT2D eigenvalue weighted by atomic mass is 10.0. The van der Waals surface area contributed by atoms with Crippen LogP contribution in [0.2, 0.25) is 0 Å². The van der Waals surface area contributed by atoms with Crippen LogP contribution in [0.15, 0.2) is 24.5 Å². The monoisotopic (exact) mass is 233 g/mol. The molecular formula is C14H19NO2. The first kappa shape index (κ1) is 12.1. The van der Waals surface area contributed by atoms with Gasteiger partial charge in [0.2, 0.25) is 0 Å². The van der Waals surface area contributed by atoms with E-state index in [0.717, 1.165) is 5.56 Å².